The molecular weight excluding hydrogens is 260 g/mol. The molecule has 1 aliphatic carbocycles. The molecule has 0 amide bonds. The van der Waals surface area contributed by atoms with Gasteiger partial charge in [0.2, 0.25) is 0 Å². The quantitative estimate of drug-likeness (QED) is 0.576. The van der Waals surface area contributed by atoms with Crippen molar-refractivity contribution in [2.24, 2.45) is 11.8 Å². The summed E-state index contributed by atoms with van der Waals surface area (Å²) in [5.41, 5.74) is 1.19. The van der Waals surface area contributed by atoms with Crippen LogP contribution in [0.1, 0.15) is 31.2 Å². The van der Waals surface area contributed by atoms with E-state index in [0.29, 0.717) is 18.3 Å². The number of hydrogen-bond donors (Lipinski definition) is 0. The molecule has 1 saturated carbocycles. The molecule has 0 bridgehead atoms. The van der Waals surface area contributed by atoms with Gasteiger partial charge in [0.25, 0.3) is 0 Å². The van der Waals surface area contributed by atoms with Crippen molar-refractivity contribution in [3.63, 3.8) is 0 Å². The van der Waals surface area contributed by atoms with E-state index in [1.165, 1.54) is 12.7 Å². The first-order valence-corrected chi connectivity index (χ1v) is 7.56. The van der Waals surface area contributed by atoms with Gasteiger partial charge in [-0.3, -0.25) is 4.79 Å². The van der Waals surface area contributed by atoms with E-state index in [9.17, 15) is 4.79 Å². The summed E-state index contributed by atoms with van der Waals surface area (Å²) in [6.07, 6.45) is 7.49. The van der Waals surface area contributed by atoms with Crippen LogP contribution in [-0.4, -0.2) is 13.1 Å². The van der Waals surface area contributed by atoms with Crippen LogP contribution in [0.15, 0.2) is 55.6 Å². The van der Waals surface area contributed by atoms with E-state index in [0.717, 1.165) is 19.3 Å². The lowest BCUT2D eigenvalue weighted by molar-refractivity contribution is -0.141. The van der Waals surface area contributed by atoms with E-state index in [2.05, 4.69) is 37.4 Å². The van der Waals surface area contributed by atoms with Crippen molar-refractivity contribution in [1.29, 1.82) is 0 Å². The Balaban J connectivity index is 2.43. The van der Waals surface area contributed by atoms with E-state index in [-0.39, 0.29) is 11.4 Å². The van der Waals surface area contributed by atoms with E-state index in [4.69, 9.17) is 4.74 Å². The van der Waals surface area contributed by atoms with Gasteiger partial charge in [-0.1, -0.05) is 42.5 Å². The number of ether oxygens (including phenoxy) is 1. The van der Waals surface area contributed by atoms with Crippen LogP contribution < -0.4 is 0 Å². The third-order valence-electron chi connectivity index (χ3n) is 4.96. The number of rotatable bonds is 6. The highest BCUT2D eigenvalue weighted by Gasteiger charge is 2.48. The maximum absolute atomic E-state index is 11.7. The van der Waals surface area contributed by atoms with Gasteiger partial charge in [0.05, 0.1) is 7.11 Å². The Morgan fingerprint density at radius 1 is 1.24 bits per heavy atom. The summed E-state index contributed by atoms with van der Waals surface area (Å²) in [7, 11) is 1.45. The summed E-state index contributed by atoms with van der Waals surface area (Å²) < 4.78 is 4.84. The van der Waals surface area contributed by atoms with E-state index < -0.39 is 0 Å². The smallest absolute Gasteiger partial charge is 0.305 e. The summed E-state index contributed by atoms with van der Waals surface area (Å²) in [5, 5.41) is 0. The Hall–Kier alpha value is -1.83. The molecular formula is C19H24O2. The maximum atomic E-state index is 11.7. The van der Waals surface area contributed by atoms with Gasteiger partial charge >= 0.3 is 5.97 Å². The molecule has 0 aliphatic heterocycles. The molecule has 0 spiro atoms. The lowest BCUT2D eigenvalue weighted by Crippen LogP contribution is -2.36. The molecule has 112 valence electrons. The second kappa shape index (κ2) is 6.75. The number of esters is 1. The van der Waals surface area contributed by atoms with Crippen LogP contribution in [0.5, 0.6) is 0 Å². The van der Waals surface area contributed by atoms with Gasteiger partial charge in [-0.25, -0.2) is 0 Å². The molecule has 0 aromatic heterocycles. The van der Waals surface area contributed by atoms with Gasteiger partial charge in [-0.05, 0) is 36.7 Å². The number of methoxy groups -OCH3 is 1. The van der Waals surface area contributed by atoms with Crippen LogP contribution >= 0.6 is 0 Å². The monoisotopic (exact) mass is 284 g/mol. The Labute approximate surface area is 127 Å². The lowest BCUT2D eigenvalue weighted by Gasteiger charge is -2.39. The largest absolute Gasteiger partial charge is 0.469 e. The third-order valence-corrected chi connectivity index (χ3v) is 4.96. The van der Waals surface area contributed by atoms with Crippen molar-refractivity contribution in [3.05, 3.63) is 61.2 Å². The van der Waals surface area contributed by atoms with Crippen molar-refractivity contribution in [3.8, 4) is 0 Å². The van der Waals surface area contributed by atoms with Gasteiger partial charge in [-0.15, -0.1) is 13.2 Å². The fraction of sp³-hybridized carbons (Fsp3) is 0.421. The van der Waals surface area contributed by atoms with Crippen LogP contribution in [0.3, 0.4) is 0 Å². The highest BCUT2D eigenvalue weighted by atomic mass is 16.5. The number of hydrogen-bond acceptors (Lipinski definition) is 2. The van der Waals surface area contributed by atoms with Crippen molar-refractivity contribution in [2.45, 2.75) is 31.1 Å². The summed E-state index contributed by atoms with van der Waals surface area (Å²) in [6.45, 7) is 8.06. The van der Waals surface area contributed by atoms with Crippen LogP contribution in [0.25, 0.3) is 0 Å². The van der Waals surface area contributed by atoms with Crippen LogP contribution in [-0.2, 0) is 14.9 Å². The van der Waals surface area contributed by atoms with Gasteiger partial charge in [0.1, 0.15) is 0 Å². The first-order chi connectivity index (χ1) is 10.2. The molecule has 2 heteroatoms. The van der Waals surface area contributed by atoms with E-state index >= 15 is 0 Å². The zero-order chi connectivity index (χ0) is 15.3. The molecule has 2 rings (SSSR count). The normalized spacial score (nSPS) is 23.5. The summed E-state index contributed by atoms with van der Waals surface area (Å²) >= 11 is 0. The Morgan fingerprint density at radius 3 is 2.29 bits per heavy atom. The molecule has 0 saturated heterocycles. The van der Waals surface area contributed by atoms with Gasteiger partial charge in [0.15, 0.2) is 0 Å². The summed E-state index contributed by atoms with van der Waals surface area (Å²) in [5.74, 6) is 0.586. The lowest BCUT2D eigenvalue weighted by atomic mass is 9.64. The predicted octanol–water partition coefficient (Wildman–Crippen LogP) is 4.28. The Kier molecular flexibility index (Phi) is 5.00. The SMILES string of the molecule is C=C[C@@H]1CC[C@@H](C=C)C1(CCC(=O)OC)c1ccccc1. The van der Waals surface area contributed by atoms with E-state index in [1.54, 1.807) is 0 Å². The number of allylic oxidation sites excluding steroid dienone is 2. The number of carbonyl (C=O) groups is 1. The van der Waals surface area contributed by atoms with Crippen LogP contribution in [0.2, 0.25) is 0 Å². The fourth-order valence-corrected chi connectivity index (χ4v) is 3.91. The molecule has 0 radical (unpaired) electrons. The van der Waals surface area contributed by atoms with Crippen molar-refractivity contribution < 1.29 is 9.53 Å². The molecule has 1 aliphatic rings. The predicted molar refractivity (Wildman–Crippen MR) is 86.0 cm³/mol. The molecule has 2 atom stereocenters. The number of benzene rings is 1. The molecule has 21 heavy (non-hydrogen) atoms. The molecule has 1 fully saturated rings. The average Bonchev–Trinajstić information content (AvgIpc) is 2.91. The Bertz CT molecular complexity index is 488. The summed E-state index contributed by atoms with van der Waals surface area (Å²) in [6, 6.07) is 10.5. The maximum Gasteiger partial charge on any atom is 0.305 e. The fourth-order valence-electron chi connectivity index (χ4n) is 3.91. The molecule has 1 aromatic rings. The standard InChI is InChI=1S/C19H24O2/c1-4-15-11-12-16(5-2)19(15,14-13-18(20)21-3)17-9-7-6-8-10-17/h4-10,15-16H,1-2,11-14H2,3H3/t15-,16-/m1/s1. The minimum atomic E-state index is -0.150. The molecule has 0 unspecified atom stereocenters. The second-order valence-corrected chi connectivity index (χ2v) is 5.74. The highest BCUT2D eigenvalue weighted by molar-refractivity contribution is 5.69. The molecule has 1 aromatic carbocycles. The van der Waals surface area contributed by atoms with Crippen LogP contribution in [0, 0.1) is 11.8 Å². The van der Waals surface area contributed by atoms with Crippen molar-refractivity contribution in [1.82, 2.24) is 0 Å². The first kappa shape index (κ1) is 15.6. The second-order valence-electron chi connectivity index (χ2n) is 5.74. The minimum Gasteiger partial charge on any atom is -0.469 e. The summed E-state index contributed by atoms with van der Waals surface area (Å²) in [4.78, 5) is 11.7. The first-order valence-electron chi connectivity index (χ1n) is 7.56. The van der Waals surface area contributed by atoms with Gasteiger partial charge in [-0.2, -0.15) is 0 Å². The van der Waals surface area contributed by atoms with E-state index in [1.807, 2.05) is 18.2 Å². The van der Waals surface area contributed by atoms with Gasteiger partial charge in [0, 0.05) is 11.8 Å². The van der Waals surface area contributed by atoms with Crippen molar-refractivity contribution >= 4 is 5.97 Å². The molecule has 0 N–H and O–H groups in total. The van der Waals surface area contributed by atoms with Crippen molar-refractivity contribution in [2.75, 3.05) is 7.11 Å². The highest BCUT2D eigenvalue weighted by Crippen LogP contribution is 2.53. The zero-order valence-corrected chi connectivity index (χ0v) is 12.8. The third kappa shape index (κ3) is 2.80. The Morgan fingerprint density at radius 2 is 1.81 bits per heavy atom. The zero-order valence-electron chi connectivity index (χ0n) is 12.8. The van der Waals surface area contributed by atoms with Crippen LogP contribution in [0.4, 0.5) is 0 Å². The topological polar surface area (TPSA) is 26.3 Å². The van der Waals surface area contributed by atoms with Gasteiger partial charge < -0.3 is 4.74 Å². The number of carbonyl (C=O) groups excluding carboxylic acids is 1. The molecule has 0 heterocycles. The molecule has 2 nitrogen and oxygen atoms in total. The average molecular weight is 284 g/mol. The minimum absolute atomic E-state index is 0.0844.